The molecule has 1 N–H and O–H groups in total. The van der Waals surface area contributed by atoms with Crippen molar-refractivity contribution in [1.82, 2.24) is 0 Å². The summed E-state index contributed by atoms with van der Waals surface area (Å²) in [7, 11) is 0. The molecule has 0 saturated carbocycles. The number of benzene rings is 1. The van der Waals surface area contributed by atoms with Crippen LogP contribution in [0.25, 0.3) is 0 Å². The fourth-order valence-corrected chi connectivity index (χ4v) is 2.32. The van der Waals surface area contributed by atoms with Gasteiger partial charge in [-0.15, -0.1) is 0 Å². The average Bonchev–Trinajstić information content (AvgIpc) is 2.45. The fourth-order valence-electron chi connectivity index (χ4n) is 2.32. The van der Waals surface area contributed by atoms with E-state index in [9.17, 15) is 5.11 Å². The van der Waals surface area contributed by atoms with Crippen molar-refractivity contribution in [3.05, 3.63) is 29.3 Å². The predicted octanol–water partition coefficient (Wildman–Crippen LogP) is 2.87. The number of ether oxygens (including phenoxy) is 1. The van der Waals surface area contributed by atoms with Crippen LogP contribution in [-0.2, 0) is 0 Å². The molecule has 1 aromatic rings. The molecule has 1 aromatic carbocycles. The number of aliphatic hydroxyl groups is 1. The van der Waals surface area contributed by atoms with Crippen LogP contribution in [0.5, 0.6) is 5.75 Å². The maximum absolute atomic E-state index is 10.1. The van der Waals surface area contributed by atoms with E-state index in [-0.39, 0.29) is 6.10 Å². The van der Waals surface area contributed by atoms with Crippen LogP contribution >= 0.6 is 0 Å². The lowest BCUT2D eigenvalue weighted by Crippen LogP contribution is -2.04. The lowest BCUT2D eigenvalue weighted by molar-refractivity contribution is 0.123. The van der Waals surface area contributed by atoms with E-state index in [4.69, 9.17) is 4.74 Å². The van der Waals surface area contributed by atoms with Gasteiger partial charge in [0, 0.05) is 0 Å². The molecule has 1 aliphatic rings. The monoisotopic (exact) mass is 206 g/mol. The molecule has 0 bridgehead atoms. The van der Waals surface area contributed by atoms with E-state index in [1.165, 1.54) is 5.56 Å². The highest BCUT2D eigenvalue weighted by atomic mass is 16.5. The van der Waals surface area contributed by atoms with Crippen LogP contribution in [0.3, 0.4) is 0 Å². The first-order chi connectivity index (χ1) is 7.15. The standard InChI is InChI=1S/C13H18O2/c1-4-15-10-5-6-11-8(2)9(3)13(14)12(11)7-10/h5-9,13-14H,4H2,1-3H3. The Morgan fingerprint density at radius 1 is 1.27 bits per heavy atom. The minimum Gasteiger partial charge on any atom is -0.494 e. The Hall–Kier alpha value is -1.02. The summed E-state index contributed by atoms with van der Waals surface area (Å²) in [6.45, 7) is 6.89. The first-order valence-electron chi connectivity index (χ1n) is 5.59. The van der Waals surface area contributed by atoms with Crippen LogP contribution in [0, 0.1) is 5.92 Å². The topological polar surface area (TPSA) is 29.5 Å². The van der Waals surface area contributed by atoms with Crippen molar-refractivity contribution >= 4 is 0 Å². The van der Waals surface area contributed by atoms with Crippen molar-refractivity contribution in [3.63, 3.8) is 0 Å². The molecule has 0 radical (unpaired) electrons. The SMILES string of the molecule is CCOc1ccc2c(c1)C(O)C(C)C2C. The van der Waals surface area contributed by atoms with Gasteiger partial charge in [-0.3, -0.25) is 0 Å². The highest BCUT2D eigenvalue weighted by Gasteiger charge is 2.33. The Labute approximate surface area is 90.9 Å². The molecule has 0 spiro atoms. The van der Waals surface area contributed by atoms with Gasteiger partial charge in [-0.1, -0.05) is 19.9 Å². The minimum absolute atomic E-state index is 0.303. The lowest BCUT2D eigenvalue weighted by atomic mass is 9.96. The molecule has 2 rings (SSSR count). The molecule has 0 aromatic heterocycles. The van der Waals surface area contributed by atoms with Gasteiger partial charge in [0.2, 0.25) is 0 Å². The summed E-state index contributed by atoms with van der Waals surface area (Å²) in [5.74, 6) is 1.60. The third kappa shape index (κ3) is 1.63. The van der Waals surface area contributed by atoms with Gasteiger partial charge in [0.1, 0.15) is 5.75 Å². The van der Waals surface area contributed by atoms with Gasteiger partial charge in [0.25, 0.3) is 0 Å². The van der Waals surface area contributed by atoms with E-state index < -0.39 is 0 Å². The Bertz CT molecular complexity index is 360. The largest absolute Gasteiger partial charge is 0.494 e. The number of rotatable bonds is 2. The van der Waals surface area contributed by atoms with Crippen molar-refractivity contribution in [3.8, 4) is 5.75 Å². The van der Waals surface area contributed by atoms with Gasteiger partial charge < -0.3 is 9.84 Å². The maximum Gasteiger partial charge on any atom is 0.119 e. The maximum atomic E-state index is 10.1. The zero-order chi connectivity index (χ0) is 11.0. The molecule has 3 unspecified atom stereocenters. The molecule has 82 valence electrons. The second kappa shape index (κ2) is 3.86. The molecule has 15 heavy (non-hydrogen) atoms. The summed E-state index contributed by atoms with van der Waals surface area (Å²) in [6.07, 6.45) is -0.338. The number of fused-ring (bicyclic) bond motifs is 1. The van der Waals surface area contributed by atoms with Gasteiger partial charge in [-0.2, -0.15) is 0 Å². The van der Waals surface area contributed by atoms with Crippen LogP contribution in [0.1, 0.15) is 43.9 Å². The normalized spacial score (nSPS) is 28.9. The molecule has 0 amide bonds. The summed E-state index contributed by atoms with van der Waals surface area (Å²) in [4.78, 5) is 0. The van der Waals surface area contributed by atoms with Crippen LogP contribution in [-0.4, -0.2) is 11.7 Å². The third-order valence-corrected chi connectivity index (χ3v) is 3.47. The summed E-state index contributed by atoms with van der Waals surface area (Å²) in [5, 5.41) is 10.1. The highest BCUT2D eigenvalue weighted by Crippen LogP contribution is 2.45. The Morgan fingerprint density at radius 3 is 2.67 bits per heavy atom. The van der Waals surface area contributed by atoms with Gasteiger partial charge >= 0.3 is 0 Å². The molecule has 3 atom stereocenters. The molecular formula is C13H18O2. The summed E-state index contributed by atoms with van der Waals surface area (Å²) >= 11 is 0. The second-order valence-corrected chi connectivity index (χ2v) is 4.32. The van der Waals surface area contributed by atoms with Crippen LogP contribution < -0.4 is 4.74 Å². The molecular weight excluding hydrogens is 188 g/mol. The van der Waals surface area contributed by atoms with E-state index in [0.717, 1.165) is 11.3 Å². The van der Waals surface area contributed by atoms with Gasteiger partial charge in [0.15, 0.2) is 0 Å². The van der Waals surface area contributed by atoms with Crippen LogP contribution in [0.4, 0.5) is 0 Å². The van der Waals surface area contributed by atoms with Crippen LogP contribution in [0.2, 0.25) is 0 Å². The molecule has 1 aliphatic carbocycles. The number of aliphatic hydroxyl groups excluding tert-OH is 1. The van der Waals surface area contributed by atoms with Crippen molar-refractivity contribution in [1.29, 1.82) is 0 Å². The Morgan fingerprint density at radius 2 is 2.00 bits per heavy atom. The summed E-state index contributed by atoms with van der Waals surface area (Å²) < 4.78 is 5.44. The summed E-state index contributed by atoms with van der Waals surface area (Å²) in [5.41, 5.74) is 2.31. The highest BCUT2D eigenvalue weighted by molar-refractivity contribution is 5.43. The predicted molar refractivity (Wildman–Crippen MR) is 60.1 cm³/mol. The molecule has 2 heteroatoms. The van der Waals surface area contributed by atoms with E-state index in [1.54, 1.807) is 0 Å². The smallest absolute Gasteiger partial charge is 0.119 e. The van der Waals surface area contributed by atoms with Gasteiger partial charge in [-0.25, -0.2) is 0 Å². The molecule has 0 fully saturated rings. The molecule has 0 aliphatic heterocycles. The lowest BCUT2D eigenvalue weighted by Gasteiger charge is -2.12. The van der Waals surface area contributed by atoms with Gasteiger partial charge in [0.05, 0.1) is 12.7 Å². The molecule has 0 heterocycles. The molecule has 0 saturated heterocycles. The van der Waals surface area contributed by atoms with Crippen molar-refractivity contribution in [2.75, 3.05) is 6.61 Å². The third-order valence-electron chi connectivity index (χ3n) is 3.47. The van der Waals surface area contributed by atoms with E-state index in [0.29, 0.717) is 18.4 Å². The van der Waals surface area contributed by atoms with Gasteiger partial charge in [-0.05, 0) is 42.0 Å². The first-order valence-corrected chi connectivity index (χ1v) is 5.59. The zero-order valence-corrected chi connectivity index (χ0v) is 9.53. The average molecular weight is 206 g/mol. The number of hydrogen-bond acceptors (Lipinski definition) is 2. The quantitative estimate of drug-likeness (QED) is 0.806. The zero-order valence-electron chi connectivity index (χ0n) is 9.53. The van der Waals surface area contributed by atoms with Crippen molar-refractivity contribution < 1.29 is 9.84 Å². The first kappa shape index (κ1) is 10.5. The van der Waals surface area contributed by atoms with E-state index in [1.807, 2.05) is 19.1 Å². The van der Waals surface area contributed by atoms with Crippen molar-refractivity contribution in [2.45, 2.75) is 32.8 Å². The fraction of sp³-hybridized carbons (Fsp3) is 0.538. The van der Waals surface area contributed by atoms with E-state index >= 15 is 0 Å². The molecule has 2 nitrogen and oxygen atoms in total. The second-order valence-electron chi connectivity index (χ2n) is 4.32. The summed E-state index contributed by atoms with van der Waals surface area (Å²) in [6, 6.07) is 6.05. The minimum atomic E-state index is -0.338. The van der Waals surface area contributed by atoms with Crippen LogP contribution in [0.15, 0.2) is 18.2 Å². The number of hydrogen-bond donors (Lipinski definition) is 1. The van der Waals surface area contributed by atoms with Crippen molar-refractivity contribution in [2.24, 2.45) is 5.92 Å². The van der Waals surface area contributed by atoms with E-state index in [2.05, 4.69) is 19.9 Å². The Kier molecular flexibility index (Phi) is 2.70. The Balaban J connectivity index is 2.38.